The van der Waals surface area contributed by atoms with Crippen LogP contribution in [0.1, 0.15) is 38.5 Å². The van der Waals surface area contributed by atoms with Gasteiger partial charge in [0.15, 0.2) is 0 Å². The van der Waals surface area contributed by atoms with E-state index in [0.717, 1.165) is 18.9 Å². The van der Waals surface area contributed by atoms with Crippen LogP contribution in [0.2, 0.25) is 0 Å². The molecule has 86 valence electrons. The second kappa shape index (κ2) is 4.97. The van der Waals surface area contributed by atoms with Crippen molar-refractivity contribution in [3.05, 3.63) is 0 Å². The van der Waals surface area contributed by atoms with Crippen LogP contribution in [-0.2, 0) is 9.53 Å². The molecule has 1 saturated carbocycles. The van der Waals surface area contributed by atoms with Crippen molar-refractivity contribution in [3.8, 4) is 0 Å². The van der Waals surface area contributed by atoms with Crippen LogP contribution in [0.3, 0.4) is 0 Å². The Balaban J connectivity index is 1.83. The van der Waals surface area contributed by atoms with Crippen LogP contribution < -0.4 is 5.32 Å². The van der Waals surface area contributed by atoms with E-state index in [1.54, 1.807) is 0 Å². The summed E-state index contributed by atoms with van der Waals surface area (Å²) in [7, 11) is 1.48. The highest BCUT2D eigenvalue weighted by Gasteiger charge is 2.34. The zero-order valence-electron chi connectivity index (χ0n) is 9.50. The van der Waals surface area contributed by atoms with Crippen molar-refractivity contribution in [2.24, 2.45) is 11.8 Å². The molecule has 15 heavy (non-hydrogen) atoms. The Morgan fingerprint density at radius 3 is 2.67 bits per heavy atom. The summed E-state index contributed by atoms with van der Waals surface area (Å²) in [6.45, 7) is 0.813. The molecule has 0 aromatic carbocycles. The fourth-order valence-electron chi connectivity index (χ4n) is 3.01. The highest BCUT2D eigenvalue weighted by molar-refractivity contribution is 5.73. The molecule has 2 rings (SSSR count). The van der Waals surface area contributed by atoms with Gasteiger partial charge < -0.3 is 10.1 Å². The van der Waals surface area contributed by atoms with Gasteiger partial charge in [-0.15, -0.1) is 0 Å². The van der Waals surface area contributed by atoms with Crippen LogP contribution in [0.25, 0.3) is 0 Å². The third kappa shape index (κ3) is 2.51. The van der Waals surface area contributed by atoms with Crippen LogP contribution in [0.15, 0.2) is 0 Å². The molecule has 1 N–H and O–H groups in total. The smallest absolute Gasteiger partial charge is 0.310 e. The monoisotopic (exact) mass is 211 g/mol. The highest BCUT2D eigenvalue weighted by atomic mass is 16.5. The van der Waals surface area contributed by atoms with Crippen molar-refractivity contribution in [2.45, 2.75) is 44.6 Å². The van der Waals surface area contributed by atoms with Gasteiger partial charge in [-0.2, -0.15) is 0 Å². The van der Waals surface area contributed by atoms with Gasteiger partial charge in [-0.1, -0.05) is 19.3 Å². The number of ether oxygens (including phenoxy) is 1. The summed E-state index contributed by atoms with van der Waals surface area (Å²) in [5.74, 6) is 0.858. The molecule has 2 aliphatic rings. The van der Waals surface area contributed by atoms with Gasteiger partial charge in [-0.25, -0.2) is 0 Å². The maximum atomic E-state index is 11.4. The van der Waals surface area contributed by atoms with Crippen molar-refractivity contribution in [1.29, 1.82) is 0 Å². The van der Waals surface area contributed by atoms with E-state index in [1.165, 1.54) is 39.2 Å². The maximum absolute atomic E-state index is 11.4. The normalized spacial score (nSPS) is 32.9. The SMILES string of the molecule is COC(=O)C1CNC(C2CCCCC2)C1. The minimum atomic E-state index is -0.0409. The van der Waals surface area contributed by atoms with Gasteiger partial charge in [0.1, 0.15) is 0 Å². The van der Waals surface area contributed by atoms with E-state index in [1.807, 2.05) is 0 Å². The van der Waals surface area contributed by atoms with Gasteiger partial charge in [0, 0.05) is 12.6 Å². The van der Waals surface area contributed by atoms with Crippen LogP contribution in [0, 0.1) is 11.8 Å². The predicted octanol–water partition coefficient (Wildman–Crippen LogP) is 1.72. The van der Waals surface area contributed by atoms with Gasteiger partial charge in [0.05, 0.1) is 13.0 Å². The Morgan fingerprint density at radius 1 is 1.27 bits per heavy atom. The van der Waals surface area contributed by atoms with Crippen LogP contribution in [0.5, 0.6) is 0 Å². The number of rotatable bonds is 2. The molecule has 3 nitrogen and oxygen atoms in total. The predicted molar refractivity (Wildman–Crippen MR) is 58.5 cm³/mol. The van der Waals surface area contributed by atoms with Crippen molar-refractivity contribution in [1.82, 2.24) is 5.32 Å². The average molecular weight is 211 g/mol. The summed E-state index contributed by atoms with van der Waals surface area (Å²) < 4.78 is 4.79. The van der Waals surface area contributed by atoms with Crippen molar-refractivity contribution < 1.29 is 9.53 Å². The van der Waals surface area contributed by atoms with Gasteiger partial charge in [0.2, 0.25) is 0 Å². The minimum Gasteiger partial charge on any atom is -0.469 e. The van der Waals surface area contributed by atoms with Crippen molar-refractivity contribution >= 4 is 5.97 Å². The highest BCUT2D eigenvalue weighted by Crippen LogP contribution is 2.31. The number of methoxy groups -OCH3 is 1. The van der Waals surface area contributed by atoms with Gasteiger partial charge in [-0.05, 0) is 25.2 Å². The Hall–Kier alpha value is -0.570. The van der Waals surface area contributed by atoms with Crippen molar-refractivity contribution in [2.75, 3.05) is 13.7 Å². The number of carbonyl (C=O) groups excluding carboxylic acids is 1. The first-order chi connectivity index (χ1) is 7.31. The number of nitrogens with one attached hydrogen (secondary N) is 1. The molecule has 0 aromatic rings. The zero-order chi connectivity index (χ0) is 10.7. The topological polar surface area (TPSA) is 38.3 Å². The third-order valence-corrected chi connectivity index (χ3v) is 3.92. The Bertz CT molecular complexity index is 224. The van der Waals surface area contributed by atoms with Gasteiger partial charge >= 0.3 is 5.97 Å². The van der Waals surface area contributed by atoms with Crippen LogP contribution in [-0.4, -0.2) is 25.7 Å². The largest absolute Gasteiger partial charge is 0.469 e. The van der Waals surface area contributed by atoms with E-state index in [-0.39, 0.29) is 11.9 Å². The van der Waals surface area contributed by atoms with E-state index in [9.17, 15) is 4.79 Å². The molecule has 2 unspecified atom stereocenters. The second-order valence-corrected chi connectivity index (χ2v) is 4.87. The molecule has 1 aliphatic carbocycles. The molecule has 0 spiro atoms. The molecular formula is C12H21NO2. The third-order valence-electron chi connectivity index (χ3n) is 3.92. The molecule has 0 aromatic heterocycles. The summed E-state index contributed by atoms with van der Waals surface area (Å²) in [5.41, 5.74) is 0. The lowest BCUT2D eigenvalue weighted by Gasteiger charge is -2.27. The Kier molecular flexibility index (Phi) is 3.62. The average Bonchev–Trinajstić information content (AvgIpc) is 2.78. The summed E-state index contributed by atoms with van der Waals surface area (Å²) in [6.07, 6.45) is 7.79. The summed E-state index contributed by atoms with van der Waals surface area (Å²) >= 11 is 0. The molecule has 0 bridgehead atoms. The number of carbonyl (C=O) groups is 1. The summed E-state index contributed by atoms with van der Waals surface area (Å²) in [6, 6.07) is 0.564. The van der Waals surface area contributed by atoms with Crippen molar-refractivity contribution in [3.63, 3.8) is 0 Å². The fourth-order valence-corrected chi connectivity index (χ4v) is 3.01. The van der Waals surface area contributed by atoms with E-state index in [2.05, 4.69) is 5.32 Å². The van der Waals surface area contributed by atoms with Gasteiger partial charge in [-0.3, -0.25) is 4.79 Å². The van der Waals surface area contributed by atoms with Crippen LogP contribution in [0.4, 0.5) is 0 Å². The molecule has 3 heteroatoms. The minimum absolute atomic E-state index is 0.0409. The lowest BCUT2D eigenvalue weighted by atomic mass is 9.82. The molecule has 2 fully saturated rings. The molecule has 1 heterocycles. The lowest BCUT2D eigenvalue weighted by molar-refractivity contribution is -0.144. The molecular weight excluding hydrogens is 190 g/mol. The van der Waals surface area contributed by atoms with E-state index in [0.29, 0.717) is 6.04 Å². The first kappa shape index (κ1) is 10.9. The second-order valence-electron chi connectivity index (χ2n) is 4.87. The standard InChI is InChI=1S/C12H21NO2/c1-15-12(14)10-7-11(13-8-10)9-5-3-2-4-6-9/h9-11,13H,2-8H2,1H3. The van der Waals surface area contributed by atoms with Gasteiger partial charge in [0.25, 0.3) is 0 Å². The fraction of sp³-hybridized carbons (Fsp3) is 0.917. The molecule has 1 aliphatic heterocycles. The first-order valence-corrected chi connectivity index (χ1v) is 6.12. The number of hydrogen-bond acceptors (Lipinski definition) is 3. The number of esters is 1. The molecule has 2 atom stereocenters. The Morgan fingerprint density at radius 2 is 2.00 bits per heavy atom. The number of hydrogen-bond donors (Lipinski definition) is 1. The van der Waals surface area contributed by atoms with Crippen LogP contribution >= 0.6 is 0 Å². The summed E-state index contributed by atoms with van der Waals surface area (Å²) in [5, 5.41) is 3.49. The summed E-state index contributed by atoms with van der Waals surface area (Å²) in [4.78, 5) is 11.4. The zero-order valence-corrected chi connectivity index (χ0v) is 9.50. The lowest BCUT2D eigenvalue weighted by Crippen LogP contribution is -2.31. The molecule has 0 amide bonds. The van der Waals surface area contributed by atoms with E-state index >= 15 is 0 Å². The van der Waals surface area contributed by atoms with E-state index in [4.69, 9.17) is 4.74 Å². The first-order valence-electron chi connectivity index (χ1n) is 6.12. The quantitative estimate of drug-likeness (QED) is 0.707. The molecule has 1 saturated heterocycles. The maximum Gasteiger partial charge on any atom is 0.310 e. The Labute approximate surface area is 91.6 Å². The van der Waals surface area contributed by atoms with E-state index < -0.39 is 0 Å². The molecule has 0 radical (unpaired) electrons.